The van der Waals surface area contributed by atoms with E-state index in [1.165, 1.54) is 12.1 Å². The molecule has 1 aromatic rings. The highest BCUT2D eigenvalue weighted by molar-refractivity contribution is 5.98. The SMILES string of the molecule is CC1(C)CCN(CC(=O)c2ccc(O)c(O)c2)C1. The van der Waals surface area contributed by atoms with Crippen LogP contribution in [0, 0.1) is 5.41 Å². The lowest BCUT2D eigenvalue weighted by molar-refractivity contribution is 0.0940. The number of benzene rings is 1. The minimum absolute atomic E-state index is 0.0250. The number of phenolic OH excluding ortho intramolecular Hbond substituents is 2. The molecule has 0 aromatic heterocycles. The normalized spacial score (nSPS) is 19.0. The zero-order valence-electron chi connectivity index (χ0n) is 10.8. The number of hydrogen-bond donors (Lipinski definition) is 2. The van der Waals surface area contributed by atoms with Crippen molar-refractivity contribution in [3.8, 4) is 11.5 Å². The van der Waals surface area contributed by atoms with Crippen molar-refractivity contribution in [2.45, 2.75) is 20.3 Å². The molecule has 98 valence electrons. The van der Waals surface area contributed by atoms with Crippen LogP contribution < -0.4 is 0 Å². The number of nitrogens with zero attached hydrogens (tertiary/aromatic N) is 1. The number of carbonyl (C=O) groups is 1. The average Bonchev–Trinajstić information content (AvgIpc) is 2.62. The van der Waals surface area contributed by atoms with Gasteiger partial charge in [0.25, 0.3) is 0 Å². The van der Waals surface area contributed by atoms with Crippen molar-refractivity contribution < 1.29 is 15.0 Å². The van der Waals surface area contributed by atoms with Gasteiger partial charge < -0.3 is 10.2 Å². The molecule has 1 aromatic carbocycles. The maximum atomic E-state index is 12.0. The summed E-state index contributed by atoms with van der Waals surface area (Å²) in [6, 6.07) is 4.20. The number of aromatic hydroxyl groups is 2. The Morgan fingerprint density at radius 2 is 2.06 bits per heavy atom. The molecular formula is C14H19NO3. The van der Waals surface area contributed by atoms with Gasteiger partial charge in [-0.2, -0.15) is 0 Å². The van der Waals surface area contributed by atoms with Gasteiger partial charge in [-0.05, 0) is 36.6 Å². The highest BCUT2D eigenvalue weighted by Gasteiger charge is 2.30. The molecule has 0 atom stereocenters. The second kappa shape index (κ2) is 4.61. The molecule has 0 bridgehead atoms. The molecule has 1 saturated heterocycles. The van der Waals surface area contributed by atoms with Gasteiger partial charge in [0.15, 0.2) is 17.3 Å². The van der Waals surface area contributed by atoms with Crippen LogP contribution in [-0.4, -0.2) is 40.5 Å². The molecular weight excluding hydrogens is 230 g/mol. The minimum Gasteiger partial charge on any atom is -0.504 e. The van der Waals surface area contributed by atoms with Crippen LogP contribution in [0.2, 0.25) is 0 Å². The first-order chi connectivity index (χ1) is 8.37. The number of carbonyl (C=O) groups excluding carboxylic acids is 1. The quantitative estimate of drug-likeness (QED) is 0.635. The first-order valence-corrected chi connectivity index (χ1v) is 6.15. The van der Waals surface area contributed by atoms with Gasteiger partial charge >= 0.3 is 0 Å². The molecule has 4 heteroatoms. The third kappa shape index (κ3) is 2.82. The van der Waals surface area contributed by atoms with E-state index >= 15 is 0 Å². The van der Waals surface area contributed by atoms with Gasteiger partial charge in [-0.25, -0.2) is 0 Å². The Labute approximate surface area is 107 Å². The summed E-state index contributed by atoms with van der Waals surface area (Å²) in [7, 11) is 0. The zero-order valence-corrected chi connectivity index (χ0v) is 10.8. The molecule has 1 aliphatic rings. The molecule has 0 aliphatic carbocycles. The topological polar surface area (TPSA) is 60.8 Å². The van der Waals surface area contributed by atoms with E-state index in [1.54, 1.807) is 6.07 Å². The second-order valence-electron chi connectivity index (χ2n) is 5.75. The Morgan fingerprint density at radius 3 is 2.61 bits per heavy atom. The summed E-state index contributed by atoms with van der Waals surface area (Å²) in [6.45, 7) is 6.62. The highest BCUT2D eigenvalue weighted by atomic mass is 16.3. The van der Waals surface area contributed by atoms with E-state index in [0.717, 1.165) is 19.5 Å². The monoisotopic (exact) mass is 249 g/mol. The third-order valence-corrected chi connectivity index (χ3v) is 3.42. The number of hydrogen-bond acceptors (Lipinski definition) is 4. The summed E-state index contributed by atoms with van der Waals surface area (Å²) < 4.78 is 0. The summed E-state index contributed by atoms with van der Waals surface area (Å²) in [5, 5.41) is 18.6. The van der Waals surface area contributed by atoms with Gasteiger partial charge in [-0.15, -0.1) is 0 Å². The van der Waals surface area contributed by atoms with Gasteiger partial charge in [-0.1, -0.05) is 13.8 Å². The molecule has 1 aliphatic heterocycles. The molecule has 0 unspecified atom stereocenters. The number of phenols is 2. The smallest absolute Gasteiger partial charge is 0.176 e. The fraction of sp³-hybridized carbons (Fsp3) is 0.500. The van der Waals surface area contributed by atoms with Crippen LogP contribution >= 0.6 is 0 Å². The van der Waals surface area contributed by atoms with Crippen molar-refractivity contribution in [1.82, 2.24) is 4.90 Å². The maximum absolute atomic E-state index is 12.0. The highest BCUT2D eigenvalue weighted by Crippen LogP contribution is 2.29. The van der Waals surface area contributed by atoms with E-state index in [0.29, 0.717) is 12.1 Å². The van der Waals surface area contributed by atoms with Crippen molar-refractivity contribution in [1.29, 1.82) is 0 Å². The summed E-state index contributed by atoms with van der Waals surface area (Å²) in [5.41, 5.74) is 0.715. The number of Topliss-reactive ketones (excluding diaryl/α,β-unsaturated/α-hetero) is 1. The molecule has 18 heavy (non-hydrogen) atoms. The lowest BCUT2D eigenvalue weighted by Gasteiger charge is -2.19. The Morgan fingerprint density at radius 1 is 1.33 bits per heavy atom. The average molecular weight is 249 g/mol. The largest absolute Gasteiger partial charge is 0.504 e. The lowest BCUT2D eigenvalue weighted by Crippen LogP contribution is -2.29. The minimum atomic E-state index is -0.248. The Hall–Kier alpha value is -1.55. The molecule has 1 fully saturated rings. The van der Waals surface area contributed by atoms with Crippen LogP contribution in [0.15, 0.2) is 18.2 Å². The summed E-state index contributed by atoms with van der Waals surface area (Å²) in [5.74, 6) is -0.473. The van der Waals surface area contributed by atoms with Crippen LogP contribution in [-0.2, 0) is 0 Å². The Balaban J connectivity index is 2.02. The van der Waals surface area contributed by atoms with Crippen LogP contribution in [0.4, 0.5) is 0 Å². The van der Waals surface area contributed by atoms with E-state index < -0.39 is 0 Å². The second-order valence-corrected chi connectivity index (χ2v) is 5.75. The van der Waals surface area contributed by atoms with Crippen molar-refractivity contribution in [3.63, 3.8) is 0 Å². The van der Waals surface area contributed by atoms with Gasteiger partial charge in [-0.3, -0.25) is 9.69 Å². The van der Waals surface area contributed by atoms with Gasteiger partial charge in [0.2, 0.25) is 0 Å². The molecule has 0 spiro atoms. The van der Waals surface area contributed by atoms with E-state index in [1.807, 2.05) is 0 Å². The van der Waals surface area contributed by atoms with Crippen LogP contribution in [0.5, 0.6) is 11.5 Å². The van der Waals surface area contributed by atoms with Gasteiger partial charge in [0, 0.05) is 12.1 Å². The van der Waals surface area contributed by atoms with Crippen LogP contribution in [0.25, 0.3) is 0 Å². The Kier molecular flexibility index (Phi) is 3.30. The lowest BCUT2D eigenvalue weighted by atomic mass is 9.93. The van der Waals surface area contributed by atoms with Gasteiger partial charge in [0.05, 0.1) is 6.54 Å². The predicted octanol–water partition coefficient (Wildman–Crippen LogP) is 2.01. The standard InChI is InChI=1S/C14H19NO3/c1-14(2)5-6-15(9-14)8-13(18)10-3-4-11(16)12(17)7-10/h3-4,7,16-17H,5-6,8-9H2,1-2H3. The first-order valence-electron chi connectivity index (χ1n) is 6.15. The molecule has 0 amide bonds. The van der Waals surface area contributed by atoms with E-state index in [-0.39, 0.29) is 22.7 Å². The number of ketones is 1. The maximum Gasteiger partial charge on any atom is 0.176 e. The van der Waals surface area contributed by atoms with Crippen LogP contribution in [0.1, 0.15) is 30.6 Å². The molecule has 2 rings (SSSR count). The summed E-state index contributed by atoms with van der Waals surface area (Å²) >= 11 is 0. The molecule has 2 N–H and O–H groups in total. The Bertz CT molecular complexity index is 468. The molecule has 0 radical (unpaired) electrons. The third-order valence-electron chi connectivity index (χ3n) is 3.42. The van der Waals surface area contributed by atoms with Crippen molar-refractivity contribution >= 4 is 5.78 Å². The molecule has 1 heterocycles. The number of rotatable bonds is 3. The van der Waals surface area contributed by atoms with E-state index in [2.05, 4.69) is 18.7 Å². The summed E-state index contributed by atoms with van der Waals surface area (Å²) in [4.78, 5) is 14.2. The van der Waals surface area contributed by atoms with Gasteiger partial charge in [0.1, 0.15) is 0 Å². The van der Waals surface area contributed by atoms with Crippen molar-refractivity contribution in [2.24, 2.45) is 5.41 Å². The van der Waals surface area contributed by atoms with Crippen molar-refractivity contribution in [3.05, 3.63) is 23.8 Å². The van der Waals surface area contributed by atoms with E-state index in [4.69, 9.17) is 0 Å². The fourth-order valence-corrected chi connectivity index (χ4v) is 2.35. The zero-order chi connectivity index (χ0) is 13.3. The predicted molar refractivity (Wildman–Crippen MR) is 68.9 cm³/mol. The molecule has 4 nitrogen and oxygen atoms in total. The number of likely N-dealkylation sites (tertiary alicyclic amines) is 1. The van der Waals surface area contributed by atoms with Crippen molar-refractivity contribution in [2.75, 3.05) is 19.6 Å². The summed E-state index contributed by atoms with van der Waals surface area (Å²) in [6.07, 6.45) is 1.10. The van der Waals surface area contributed by atoms with E-state index in [9.17, 15) is 15.0 Å². The van der Waals surface area contributed by atoms with Crippen LogP contribution in [0.3, 0.4) is 0 Å². The first kappa shape index (κ1) is 12.9. The fourth-order valence-electron chi connectivity index (χ4n) is 2.35. The molecule has 0 saturated carbocycles.